The summed E-state index contributed by atoms with van der Waals surface area (Å²) in [7, 11) is 6.25. The van der Waals surface area contributed by atoms with Crippen LogP contribution >= 0.6 is 0 Å². The minimum absolute atomic E-state index is 0.154. The Kier molecular flexibility index (Phi) is 17.5. The number of allylic oxidation sites excluding steroid dienone is 11. The van der Waals surface area contributed by atoms with Crippen molar-refractivity contribution in [2.45, 2.75) is 58.8 Å². The van der Waals surface area contributed by atoms with Gasteiger partial charge in [-0.3, -0.25) is 4.79 Å². The molecule has 168 valence electrons. The molecule has 0 aromatic carbocycles. The first-order chi connectivity index (χ1) is 14.3. The number of esters is 1. The van der Waals surface area contributed by atoms with Gasteiger partial charge >= 0.3 is 5.97 Å². The van der Waals surface area contributed by atoms with Crippen LogP contribution < -0.4 is 0 Å². The van der Waals surface area contributed by atoms with Crippen LogP contribution in [-0.2, 0) is 9.53 Å². The Bertz CT molecular complexity index is 613. The quantitative estimate of drug-likeness (QED) is 0.159. The molecule has 0 aliphatic rings. The van der Waals surface area contributed by atoms with Crippen molar-refractivity contribution in [1.82, 2.24) is 0 Å². The molecule has 0 spiro atoms. The summed E-state index contributed by atoms with van der Waals surface area (Å²) in [4.78, 5) is 11.6. The third kappa shape index (κ3) is 22.2. The molecule has 3 nitrogen and oxygen atoms in total. The van der Waals surface area contributed by atoms with Crippen LogP contribution in [0.2, 0.25) is 0 Å². The zero-order valence-corrected chi connectivity index (χ0v) is 20.0. The number of hydrogen-bond donors (Lipinski definition) is 0. The number of likely N-dealkylation sites (N-methyl/N-ethyl adjacent to an activating group) is 1. The van der Waals surface area contributed by atoms with Gasteiger partial charge in [0.15, 0.2) is 0 Å². The van der Waals surface area contributed by atoms with E-state index in [1.165, 1.54) is 5.57 Å². The first kappa shape index (κ1) is 27.9. The number of ether oxygens (including phenoxy) is 1. The molecule has 30 heavy (non-hydrogen) atoms. The molecule has 0 rings (SSSR count). The third-order valence-corrected chi connectivity index (χ3v) is 4.24. The predicted molar refractivity (Wildman–Crippen MR) is 131 cm³/mol. The van der Waals surface area contributed by atoms with Gasteiger partial charge < -0.3 is 9.22 Å². The van der Waals surface area contributed by atoms with Gasteiger partial charge in [-0.1, -0.05) is 79.3 Å². The normalized spacial score (nSPS) is 13.7. The lowest BCUT2D eigenvalue weighted by Crippen LogP contribution is -2.37. The molecular formula is C27H44NO2+. The number of quaternary nitrogens is 1. The molecule has 0 fully saturated rings. The standard InChI is InChI=1S/C27H44NO2/c1-6-7-8-18-21-26(2)22-19-16-14-12-10-9-11-13-15-17-20-23-27(29)30-25-24-28(3,4)5/h7-8,10-13,16-17,19-21H,6,9,14-15,18,22-25H2,1-5H3/q+1/b8-7-,12-10-,13-11-,19-16-,20-17-,26-21-. The highest BCUT2D eigenvalue weighted by atomic mass is 16.5. The Balaban J connectivity index is 3.73. The summed E-state index contributed by atoms with van der Waals surface area (Å²) in [5.41, 5.74) is 1.42. The van der Waals surface area contributed by atoms with E-state index in [-0.39, 0.29) is 5.97 Å². The van der Waals surface area contributed by atoms with Gasteiger partial charge in [0.1, 0.15) is 13.2 Å². The first-order valence-electron chi connectivity index (χ1n) is 11.2. The lowest BCUT2D eigenvalue weighted by Gasteiger charge is -2.23. The molecule has 0 aliphatic carbocycles. The van der Waals surface area contributed by atoms with Crippen molar-refractivity contribution in [2.24, 2.45) is 0 Å². The number of hydrogen-bond acceptors (Lipinski definition) is 2. The summed E-state index contributed by atoms with van der Waals surface area (Å²) in [6.07, 6.45) is 30.1. The van der Waals surface area contributed by atoms with Gasteiger partial charge in [-0.15, -0.1) is 0 Å². The summed E-state index contributed by atoms with van der Waals surface area (Å²) in [5.74, 6) is -0.154. The topological polar surface area (TPSA) is 26.3 Å². The Morgan fingerprint density at radius 1 is 0.733 bits per heavy atom. The van der Waals surface area contributed by atoms with Crippen molar-refractivity contribution in [2.75, 3.05) is 34.3 Å². The molecule has 0 aromatic heterocycles. The first-order valence-corrected chi connectivity index (χ1v) is 11.2. The fourth-order valence-electron chi connectivity index (χ4n) is 2.37. The average Bonchev–Trinajstić information content (AvgIpc) is 2.67. The molecular weight excluding hydrogens is 370 g/mol. The van der Waals surface area contributed by atoms with E-state index in [2.05, 4.69) is 89.7 Å². The Morgan fingerprint density at radius 3 is 1.77 bits per heavy atom. The second-order valence-electron chi connectivity index (χ2n) is 8.40. The van der Waals surface area contributed by atoms with E-state index < -0.39 is 0 Å². The molecule has 0 atom stereocenters. The van der Waals surface area contributed by atoms with Crippen LogP contribution in [0.5, 0.6) is 0 Å². The van der Waals surface area contributed by atoms with Crippen molar-refractivity contribution in [1.29, 1.82) is 0 Å². The number of carbonyl (C=O) groups is 1. The highest BCUT2D eigenvalue weighted by Gasteiger charge is 2.08. The highest BCUT2D eigenvalue weighted by molar-refractivity contribution is 5.71. The van der Waals surface area contributed by atoms with Gasteiger partial charge in [-0.05, 0) is 45.4 Å². The lowest BCUT2D eigenvalue weighted by atomic mass is 10.1. The van der Waals surface area contributed by atoms with E-state index in [9.17, 15) is 4.79 Å². The highest BCUT2D eigenvalue weighted by Crippen LogP contribution is 2.04. The maximum Gasteiger partial charge on any atom is 0.309 e. The summed E-state index contributed by atoms with van der Waals surface area (Å²) in [6.45, 7) is 5.65. The van der Waals surface area contributed by atoms with Gasteiger partial charge in [0.2, 0.25) is 0 Å². The van der Waals surface area contributed by atoms with Gasteiger partial charge in [-0.2, -0.15) is 0 Å². The predicted octanol–water partition coefficient (Wildman–Crippen LogP) is 6.71. The Labute approximate surface area is 185 Å². The van der Waals surface area contributed by atoms with Crippen molar-refractivity contribution in [3.05, 3.63) is 72.4 Å². The maximum absolute atomic E-state index is 11.6. The molecule has 0 aliphatic heterocycles. The van der Waals surface area contributed by atoms with Crippen molar-refractivity contribution in [3.8, 4) is 0 Å². The van der Waals surface area contributed by atoms with Gasteiger partial charge in [-0.25, -0.2) is 0 Å². The van der Waals surface area contributed by atoms with Crippen LogP contribution in [0, 0.1) is 0 Å². The molecule has 0 radical (unpaired) electrons. The Morgan fingerprint density at radius 2 is 1.23 bits per heavy atom. The molecule has 3 heteroatoms. The third-order valence-electron chi connectivity index (χ3n) is 4.24. The van der Waals surface area contributed by atoms with Crippen LogP contribution in [0.1, 0.15) is 58.8 Å². The molecule has 0 heterocycles. The molecule has 0 saturated carbocycles. The number of nitrogens with zero attached hydrogens (tertiary/aromatic N) is 1. The second-order valence-corrected chi connectivity index (χ2v) is 8.40. The summed E-state index contributed by atoms with van der Waals surface area (Å²) in [5, 5.41) is 0. The molecule has 0 N–H and O–H groups in total. The summed E-state index contributed by atoms with van der Waals surface area (Å²) in [6, 6.07) is 0. The molecule has 0 unspecified atom stereocenters. The lowest BCUT2D eigenvalue weighted by molar-refractivity contribution is -0.870. The van der Waals surface area contributed by atoms with Crippen molar-refractivity contribution < 1.29 is 14.0 Å². The maximum atomic E-state index is 11.6. The number of carbonyl (C=O) groups excluding carboxylic acids is 1. The van der Waals surface area contributed by atoms with Crippen molar-refractivity contribution >= 4 is 5.97 Å². The van der Waals surface area contributed by atoms with E-state index in [4.69, 9.17) is 4.74 Å². The van der Waals surface area contributed by atoms with E-state index in [1.54, 1.807) is 0 Å². The van der Waals surface area contributed by atoms with Crippen LogP contribution in [0.15, 0.2) is 72.4 Å². The fraction of sp³-hybridized carbons (Fsp3) is 0.519. The van der Waals surface area contributed by atoms with Gasteiger partial charge in [0.25, 0.3) is 0 Å². The second kappa shape index (κ2) is 18.9. The van der Waals surface area contributed by atoms with Crippen LogP contribution in [0.25, 0.3) is 0 Å². The van der Waals surface area contributed by atoms with E-state index in [0.717, 1.165) is 49.6 Å². The van der Waals surface area contributed by atoms with Crippen molar-refractivity contribution in [3.63, 3.8) is 0 Å². The Hall–Kier alpha value is -2.13. The molecule has 0 bridgehead atoms. The van der Waals surface area contributed by atoms with Crippen LogP contribution in [0.4, 0.5) is 0 Å². The largest absolute Gasteiger partial charge is 0.459 e. The van der Waals surface area contributed by atoms with E-state index >= 15 is 0 Å². The fourth-order valence-corrected chi connectivity index (χ4v) is 2.37. The van der Waals surface area contributed by atoms with Crippen LogP contribution in [0.3, 0.4) is 0 Å². The van der Waals surface area contributed by atoms with Gasteiger partial charge in [0.05, 0.1) is 27.6 Å². The smallest absolute Gasteiger partial charge is 0.309 e. The monoisotopic (exact) mass is 414 g/mol. The SMILES string of the molecule is CC/C=C\C/C=C(/C)C/C=C\C/C=C\C/C=C\C/C=C\CC(=O)OCC[N+](C)(C)C. The zero-order valence-electron chi connectivity index (χ0n) is 20.0. The summed E-state index contributed by atoms with van der Waals surface area (Å²) < 4.78 is 6.01. The molecule has 0 saturated heterocycles. The number of rotatable bonds is 16. The zero-order chi connectivity index (χ0) is 22.5. The average molecular weight is 415 g/mol. The van der Waals surface area contributed by atoms with Crippen LogP contribution in [-0.4, -0.2) is 44.7 Å². The van der Waals surface area contributed by atoms with E-state index in [1.807, 2.05) is 12.2 Å². The van der Waals surface area contributed by atoms with Gasteiger partial charge in [0, 0.05) is 0 Å². The minimum atomic E-state index is -0.154. The summed E-state index contributed by atoms with van der Waals surface area (Å²) >= 11 is 0. The van der Waals surface area contributed by atoms with E-state index in [0.29, 0.717) is 13.0 Å². The molecule has 0 amide bonds. The molecule has 0 aromatic rings. The minimum Gasteiger partial charge on any atom is -0.459 e.